The molecule has 1 aromatic rings. The summed E-state index contributed by atoms with van der Waals surface area (Å²) >= 11 is 11.2. The second-order valence-electron chi connectivity index (χ2n) is 6.04. The summed E-state index contributed by atoms with van der Waals surface area (Å²) in [7, 11) is 0. The van der Waals surface area contributed by atoms with Gasteiger partial charge in [-0.15, -0.1) is 0 Å². The summed E-state index contributed by atoms with van der Waals surface area (Å²) in [5, 5.41) is -0.746. The third-order valence-corrected chi connectivity index (χ3v) is 4.80. The van der Waals surface area contributed by atoms with Crippen molar-refractivity contribution in [1.29, 1.82) is 0 Å². The number of hydrogen-bond donors (Lipinski definition) is 0. The van der Waals surface area contributed by atoms with Gasteiger partial charge in [0.15, 0.2) is 0 Å². The summed E-state index contributed by atoms with van der Waals surface area (Å²) in [6.07, 6.45) is -3.71. The molecular formula is C16H15Cl2F3O2. The van der Waals surface area contributed by atoms with E-state index in [1.165, 1.54) is 0 Å². The van der Waals surface area contributed by atoms with Crippen LogP contribution in [0.2, 0.25) is 5.02 Å². The molecule has 1 fully saturated rings. The van der Waals surface area contributed by atoms with Crippen LogP contribution in [0.3, 0.4) is 0 Å². The SMILES string of the molecule is CC1(C)[C@H](C=C(Cl)C(F)(F)F)[C@@H]1C(=O)OCc1ccccc1Cl. The number of benzene rings is 1. The second-order valence-corrected chi connectivity index (χ2v) is 6.85. The molecule has 0 heterocycles. The Morgan fingerprint density at radius 1 is 1.35 bits per heavy atom. The minimum atomic E-state index is -4.60. The van der Waals surface area contributed by atoms with Crippen LogP contribution in [0.25, 0.3) is 0 Å². The summed E-state index contributed by atoms with van der Waals surface area (Å²) < 4.78 is 42.7. The lowest BCUT2D eigenvalue weighted by atomic mass is 10.1. The molecule has 0 radical (unpaired) electrons. The number of ether oxygens (including phenoxy) is 1. The number of halogens is 5. The Bertz CT molecular complexity index is 638. The molecule has 7 heteroatoms. The fraction of sp³-hybridized carbons (Fsp3) is 0.438. The predicted molar refractivity (Wildman–Crippen MR) is 82.0 cm³/mol. The Labute approximate surface area is 142 Å². The van der Waals surface area contributed by atoms with Crippen molar-refractivity contribution in [2.45, 2.75) is 26.6 Å². The molecule has 0 spiro atoms. The smallest absolute Gasteiger partial charge is 0.426 e. The third kappa shape index (κ3) is 4.01. The first-order chi connectivity index (χ1) is 10.5. The van der Waals surface area contributed by atoms with E-state index in [2.05, 4.69) is 0 Å². The monoisotopic (exact) mass is 366 g/mol. The fourth-order valence-corrected chi connectivity index (χ4v) is 2.87. The minimum Gasteiger partial charge on any atom is -0.461 e. The Hall–Kier alpha value is -1.20. The average Bonchev–Trinajstić information content (AvgIpc) is 2.97. The first-order valence-corrected chi connectivity index (χ1v) is 7.65. The molecule has 0 unspecified atom stereocenters. The van der Waals surface area contributed by atoms with E-state index >= 15 is 0 Å². The van der Waals surface area contributed by atoms with Crippen LogP contribution in [0, 0.1) is 17.3 Å². The van der Waals surface area contributed by atoms with E-state index in [1.807, 2.05) is 0 Å². The largest absolute Gasteiger partial charge is 0.461 e. The number of hydrogen-bond acceptors (Lipinski definition) is 2. The molecule has 0 saturated heterocycles. The van der Waals surface area contributed by atoms with Crippen molar-refractivity contribution in [3.05, 3.63) is 46.0 Å². The van der Waals surface area contributed by atoms with Crippen LogP contribution in [0.15, 0.2) is 35.4 Å². The zero-order valence-electron chi connectivity index (χ0n) is 12.5. The van der Waals surface area contributed by atoms with E-state index in [9.17, 15) is 18.0 Å². The lowest BCUT2D eigenvalue weighted by Gasteiger charge is -2.07. The van der Waals surface area contributed by atoms with Crippen LogP contribution in [-0.2, 0) is 16.1 Å². The summed E-state index contributed by atoms with van der Waals surface area (Å²) in [5.74, 6) is -1.81. The van der Waals surface area contributed by atoms with Gasteiger partial charge in [0.2, 0.25) is 0 Å². The quantitative estimate of drug-likeness (QED) is 0.672. The second kappa shape index (κ2) is 6.36. The molecule has 0 N–H and O–H groups in total. The van der Waals surface area contributed by atoms with Crippen LogP contribution >= 0.6 is 23.2 Å². The molecule has 2 rings (SSSR count). The molecule has 0 aliphatic heterocycles. The standard InChI is InChI=1S/C16H15Cl2F3O2/c1-15(2)10(7-12(18)16(19,20)21)13(15)14(22)23-8-9-5-3-4-6-11(9)17/h3-7,10,13H,8H2,1-2H3/t10-,13-/m1/s1. The zero-order chi connectivity index (χ0) is 17.4. The van der Waals surface area contributed by atoms with Gasteiger partial charge < -0.3 is 4.74 Å². The van der Waals surface area contributed by atoms with Crippen LogP contribution in [0.5, 0.6) is 0 Å². The molecule has 0 aromatic heterocycles. The minimum absolute atomic E-state index is 0.0193. The van der Waals surface area contributed by atoms with Crippen molar-refractivity contribution in [2.75, 3.05) is 0 Å². The maximum absolute atomic E-state index is 12.5. The number of allylic oxidation sites excluding steroid dienone is 2. The molecule has 126 valence electrons. The highest BCUT2D eigenvalue weighted by molar-refractivity contribution is 6.31. The van der Waals surface area contributed by atoms with E-state index in [0.29, 0.717) is 10.6 Å². The third-order valence-electron chi connectivity index (χ3n) is 4.09. The molecule has 1 aliphatic carbocycles. The Kier molecular flexibility index (Phi) is 5.02. The Balaban J connectivity index is 2.02. The number of rotatable bonds is 4. The molecule has 0 bridgehead atoms. The summed E-state index contributed by atoms with van der Waals surface area (Å²) in [6, 6.07) is 6.88. The van der Waals surface area contributed by atoms with Crippen molar-refractivity contribution < 1.29 is 22.7 Å². The van der Waals surface area contributed by atoms with Gasteiger partial charge >= 0.3 is 12.1 Å². The molecule has 0 amide bonds. The first-order valence-electron chi connectivity index (χ1n) is 6.89. The van der Waals surface area contributed by atoms with Crippen LogP contribution in [0.1, 0.15) is 19.4 Å². The topological polar surface area (TPSA) is 26.3 Å². The number of carbonyl (C=O) groups excluding carboxylic acids is 1. The van der Waals surface area contributed by atoms with Crippen LogP contribution < -0.4 is 0 Å². The van der Waals surface area contributed by atoms with Gasteiger partial charge in [-0.25, -0.2) is 0 Å². The Morgan fingerprint density at radius 3 is 2.52 bits per heavy atom. The average molecular weight is 367 g/mol. The zero-order valence-corrected chi connectivity index (χ0v) is 14.0. The van der Waals surface area contributed by atoms with E-state index in [4.69, 9.17) is 27.9 Å². The summed E-state index contributed by atoms with van der Waals surface area (Å²) in [4.78, 5) is 12.1. The van der Waals surface area contributed by atoms with E-state index < -0.39 is 34.4 Å². The van der Waals surface area contributed by atoms with Crippen molar-refractivity contribution in [3.63, 3.8) is 0 Å². The van der Waals surface area contributed by atoms with Gasteiger partial charge in [0.05, 0.1) is 5.92 Å². The molecular weight excluding hydrogens is 352 g/mol. The normalized spacial score (nSPS) is 23.5. The van der Waals surface area contributed by atoms with Gasteiger partial charge in [0.1, 0.15) is 11.6 Å². The molecule has 1 aliphatic rings. The van der Waals surface area contributed by atoms with E-state index in [-0.39, 0.29) is 6.61 Å². The number of carbonyl (C=O) groups is 1. The van der Waals surface area contributed by atoms with Gasteiger partial charge in [-0.1, -0.05) is 61.3 Å². The van der Waals surface area contributed by atoms with Gasteiger partial charge in [-0.3, -0.25) is 4.79 Å². The van der Waals surface area contributed by atoms with Gasteiger partial charge in [0, 0.05) is 10.6 Å². The van der Waals surface area contributed by atoms with Gasteiger partial charge in [0.25, 0.3) is 0 Å². The highest BCUT2D eigenvalue weighted by Gasteiger charge is 2.62. The van der Waals surface area contributed by atoms with Crippen LogP contribution in [0.4, 0.5) is 13.2 Å². The highest BCUT2D eigenvalue weighted by Crippen LogP contribution is 2.60. The number of esters is 1. The fourth-order valence-electron chi connectivity index (χ4n) is 2.55. The predicted octanol–water partition coefficient (Wildman–Crippen LogP) is 5.34. The van der Waals surface area contributed by atoms with E-state index in [0.717, 1.165) is 6.08 Å². The lowest BCUT2D eigenvalue weighted by Crippen LogP contribution is -2.11. The van der Waals surface area contributed by atoms with Crippen molar-refractivity contribution in [2.24, 2.45) is 17.3 Å². The summed E-state index contributed by atoms with van der Waals surface area (Å²) in [5.41, 5.74) is 0.0181. The molecule has 1 aromatic carbocycles. The molecule has 2 atom stereocenters. The number of alkyl halides is 3. The molecule has 1 saturated carbocycles. The van der Waals surface area contributed by atoms with Crippen molar-refractivity contribution in [3.8, 4) is 0 Å². The molecule has 2 nitrogen and oxygen atoms in total. The van der Waals surface area contributed by atoms with Gasteiger partial charge in [-0.05, 0) is 17.4 Å². The maximum Gasteiger partial charge on any atom is 0.426 e. The van der Waals surface area contributed by atoms with Crippen molar-refractivity contribution in [1.82, 2.24) is 0 Å². The van der Waals surface area contributed by atoms with Crippen molar-refractivity contribution >= 4 is 29.2 Å². The van der Waals surface area contributed by atoms with Gasteiger partial charge in [-0.2, -0.15) is 13.2 Å². The summed E-state index contributed by atoms with van der Waals surface area (Å²) in [6.45, 7) is 3.39. The first kappa shape index (κ1) is 18.1. The Morgan fingerprint density at radius 2 is 1.96 bits per heavy atom. The van der Waals surface area contributed by atoms with E-state index in [1.54, 1.807) is 38.1 Å². The highest BCUT2D eigenvalue weighted by atomic mass is 35.5. The lowest BCUT2D eigenvalue weighted by molar-refractivity contribution is -0.147. The molecule has 23 heavy (non-hydrogen) atoms. The van der Waals surface area contributed by atoms with Crippen LogP contribution in [-0.4, -0.2) is 12.1 Å². The maximum atomic E-state index is 12.5.